The molecule has 152 valence electrons. The average Bonchev–Trinajstić information content (AvgIpc) is 3.07. The van der Waals surface area contributed by atoms with E-state index in [-0.39, 0.29) is 5.56 Å². The first-order valence-corrected chi connectivity index (χ1v) is 10.2. The fourth-order valence-electron chi connectivity index (χ4n) is 3.27. The molecule has 0 fully saturated rings. The molecule has 1 N–H and O–H groups in total. The maximum absolute atomic E-state index is 11.4. The first kappa shape index (κ1) is 20.7. The second kappa shape index (κ2) is 9.45. The highest BCUT2D eigenvalue weighted by Gasteiger charge is 2.14. The molecule has 0 bridgehead atoms. The van der Waals surface area contributed by atoms with Crippen molar-refractivity contribution < 1.29 is 9.90 Å². The Bertz CT molecular complexity index is 961. The molecule has 0 aliphatic rings. The number of carboxylic acids is 1. The summed E-state index contributed by atoms with van der Waals surface area (Å²) in [6.07, 6.45) is 5.38. The van der Waals surface area contributed by atoms with E-state index in [2.05, 4.69) is 25.8 Å². The molecule has 1 aromatic carbocycles. The molecular weight excluding hydrogens is 364 g/mol. The number of hydrogen-bond acceptors (Lipinski definition) is 4. The Balaban J connectivity index is 1.83. The molecule has 0 saturated carbocycles. The van der Waals surface area contributed by atoms with Gasteiger partial charge >= 0.3 is 5.97 Å². The zero-order valence-electron chi connectivity index (χ0n) is 17.3. The topological polar surface area (TPSA) is 80.9 Å². The van der Waals surface area contributed by atoms with E-state index in [1.54, 1.807) is 18.3 Å². The first-order chi connectivity index (χ1) is 14.0. The predicted molar refractivity (Wildman–Crippen MR) is 113 cm³/mol. The summed E-state index contributed by atoms with van der Waals surface area (Å²) in [4.78, 5) is 20.5. The number of aromatic carboxylic acids is 1. The monoisotopic (exact) mass is 392 g/mol. The van der Waals surface area contributed by atoms with E-state index in [1.807, 2.05) is 28.9 Å². The maximum atomic E-state index is 11.4. The number of unbranched alkanes of at least 4 members (excludes halogenated alkanes) is 1. The third-order valence-corrected chi connectivity index (χ3v) is 4.73. The predicted octanol–water partition coefficient (Wildman–Crippen LogP) is 4.63. The molecule has 0 amide bonds. The minimum Gasteiger partial charge on any atom is -0.478 e. The van der Waals surface area contributed by atoms with E-state index in [9.17, 15) is 9.90 Å². The van der Waals surface area contributed by atoms with Crippen LogP contribution in [0.2, 0.25) is 0 Å². The fourth-order valence-corrected chi connectivity index (χ4v) is 3.27. The zero-order chi connectivity index (χ0) is 20.8. The van der Waals surface area contributed by atoms with Gasteiger partial charge in [0.05, 0.1) is 11.3 Å². The van der Waals surface area contributed by atoms with E-state index >= 15 is 0 Å². The Labute approximate surface area is 171 Å². The summed E-state index contributed by atoms with van der Waals surface area (Å²) in [6.45, 7) is 7.40. The Hall–Kier alpha value is -3.02. The molecule has 0 aliphatic carbocycles. The van der Waals surface area contributed by atoms with Crippen LogP contribution in [0.3, 0.4) is 0 Å². The highest BCUT2D eigenvalue weighted by atomic mass is 16.4. The van der Waals surface area contributed by atoms with Crippen molar-refractivity contribution in [3.05, 3.63) is 65.4 Å². The van der Waals surface area contributed by atoms with E-state index in [0.717, 1.165) is 48.6 Å². The molecule has 2 aromatic heterocycles. The highest BCUT2D eigenvalue weighted by molar-refractivity contribution is 5.94. The van der Waals surface area contributed by atoms with Crippen molar-refractivity contribution in [2.24, 2.45) is 5.92 Å². The van der Waals surface area contributed by atoms with Gasteiger partial charge in [0.15, 0.2) is 5.82 Å². The van der Waals surface area contributed by atoms with Gasteiger partial charge in [0.2, 0.25) is 0 Å². The van der Waals surface area contributed by atoms with Crippen molar-refractivity contribution in [3.8, 4) is 11.3 Å². The van der Waals surface area contributed by atoms with Gasteiger partial charge in [0, 0.05) is 31.1 Å². The SMILES string of the molecule is CCCCn1nc(CC(C)C)nc1Cc1ccc(-c2ncccc2C(=O)O)cc1. The summed E-state index contributed by atoms with van der Waals surface area (Å²) in [5.41, 5.74) is 2.59. The van der Waals surface area contributed by atoms with Gasteiger partial charge in [-0.25, -0.2) is 14.5 Å². The first-order valence-electron chi connectivity index (χ1n) is 10.2. The lowest BCUT2D eigenvalue weighted by Gasteiger charge is -2.08. The number of nitrogens with zero attached hydrogens (tertiary/aromatic N) is 4. The molecule has 0 atom stereocenters. The van der Waals surface area contributed by atoms with Crippen LogP contribution in [0.1, 0.15) is 61.2 Å². The molecule has 3 rings (SSSR count). The number of carboxylic acid groups (broad SMARTS) is 1. The van der Waals surface area contributed by atoms with Crippen LogP contribution in [-0.2, 0) is 19.4 Å². The smallest absolute Gasteiger partial charge is 0.337 e. The van der Waals surface area contributed by atoms with Crippen molar-refractivity contribution >= 4 is 5.97 Å². The maximum Gasteiger partial charge on any atom is 0.337 e. The van der Waals surface area contributed by atoms with Gasteiger partial charge < -0.3 is 5.11 Å². The molecule has 29 heavy (non-hydrogen) atoms. The van der Waals surface area contributed by atoms with Gasteiger partial charge in [-0.05, 0) is 30.0 Å². The van der Waals surface area contributed by atoms with Crippen molar-refractivity contribution in [2.75, 3.05) is 0 Å². The van der Waals surface area contributed by atoms with Gasteiger partial charge in [0.25, 0.3) is 0 Å². The molecular formula is C23H28N4O2. The van der Waals surface area contributed by atoms with Crippen LogP contribution in [0.25, 0.3) is 11.3 Å². The van der Waals surface area contributed by atoms with E-state index < -0.39 is 5.97 Å². The van der Waals surface area contributed by atoms with E-state index in [1.165, 1.54) is 0 Å². The second-order valence-corrected chi connectivity index (χ2v) is 7.70. The largest absolute Gasteiger partial charge is 0.478 e. The van der Waals surface area contributed by atoms with Crippen molar-refractivity contribution in [1.29, 1.82) is 0 Å². The minimum atomic E-state index is -0.973. The number of pyridine rings is 1. The van der Waals surface area contributed by atoms with Crippen LogP contribution < -0.4 is 0 Å². The lowest BCUT2D eigenvalue weighted by atomic mass is 10.0. The summed E-state index contributed by atoms with van der Waals surface area (Å²) < 4.78 is 2.04. The van der Waals surface area contributed by atoms with Gasteiger partial charge in [0.1, 0.15) is 5.82 Å². The summed E-state index contributed by atoms with van der Waals surface area (Å²) in [6, 6.07) is 11.1. The molecule has 6 nitrogen and oxygen atoms in total. The van der Waals surface area contributed by atoms with Gasteiger partial charge in [-0.15, -0.1) is 0 Å². The third kappa shape index (κ3) is 5.28. The Morgan fingerprint density at radius 2 is 1.93 bits per heavy atom. The van der Waals surface area contributed by atoms with Crippen LogP contribution in [0.15, 0.2) is 42.6 Å². The summed E-state index contributed by atoms with van der Waals surface area (Å²) in [5.74, 6) is 1.43. The molecule has 0 saturated heterocycles. The number of hydrogen-bond donors (Lipinski definition) is 1. The molecule has 3 aromatic rings. The molecule has 2 heterocycles. The van der Waals surface area contributed by atoms with Gasteiger partial charge in [-0.3, -0.25) is 4.98 Å². The van der Waals surface area contributed by atoms with E-state index in [4.69, 9.17) is 10.1 Å². The van der Waals surface area contributed by atoms with Gasteiger partial charge in [-0.2, -0.15) is 5.10 Å². The van der Waals surface area contributed by atoms with Crippen LogP contribution in [0, 0.1) is 5.92 Å². The number of rotatable bonds is 9. The third-order valence-electron chi connectivity index (χ3n) is 4.73. The molecule has 0 unspecified atom stereocenters. The summed E-state index contributed by atoms with van der Waals surface area (Å²) in [7, 11) is 0. The van der Waals surface area contributed by atoms with Crippen LogP contribution >= 0.6 is 0 Å². The normalized spacial score (nSPS) is 11.2. The van der Waals surface area contributed by atoms with Gasteiger partial charge in [-0.1, -0.05) is 51.5 Å². The zero-order valence-corrected chi connectivity index (χ0v) is 17.3. The Morgan fingerprint density at radius 3 is 2.59 bits per heavy atom. The lowest BCUT2D eigenvalue weighted by molar-refractivity contribution is 0.0697. The van der Waals surface area contributed by atoms with E-state index in [0.29, 0.717) is 18.0 Å². The van der Waals surface area contributed by atoms with Crippen LogP contribution in [0.5, 0.6) is 0 Å². The number of aromatic nitrogens is 4. The summed E-state index contributed by atoms with van der Waals surface area (Å²) in [5, 5.41) is 14.1. The quantitative estimate of drug-likeness (QED) is 0.574. The lowest BCUT2D eigenvalue weighted by Crippen LogP contribution is -2.07. The highest BCUT2D eigenvalue weighted by Crippen LogP contribution is 2.22. The Kier molecular flexibility index (Phi) is 6.75. The average molecular weight is 393 g/mol. The van der Waals surface area contributed by atoms with Crippen LogP contribution in [-0.4, -0.2) is 30.8 Å². The molecule has 6 heteroatoms. The van der Waals surface area contributed by atoms with Crippen molar-refractivity contribution in [1.82, 2.24) is 19.7 Å². The Morgan fingerprint density at radius 1 is 1.17 bits per heavy atom. The van der Waals surface area contributed by atoms with Crippen molar-refractivity contribution in [2.45, 2.75) is 53.0 Å². The second-order valence-electron chi connectivity index (χ2n) is 7.70. The fraction of sp³-hybridized carbons (Fsp3) is 0.391. The molecule has 0 spiro atoms. The minimum absolute atomic E-state index is 0.206. The number of aryl methyl sites for hydroxylation is 1. The van der Waals surface area contributed by atoms with Crippen LogP contribution in [0.4, 0.5) is 0 Å². The number of benzene rings is 1. The number of carbonyl (C=O) groups is 1. The standard InChI is InChI=1S/C23H28N4O2/c1-4-5-13-27-21(25-20(26-27)14-16(2)3)15-17-8-10-18(11-9-17)22-19(23(28)29)7-6-12-24-22/h6-12,16H,4-5,13-15H2,1-3H3,(H,28,29). The van der Waals surface area contributed by atoms with Crippen molar-refractivity contribution in [3.63, 3.8) is 0 Å². The summed E-state index contributed by atoms with van der Waals surface area (Å²) >= 11 is 0. The molecule has 0 radical (unpaired) electrons. The molecule has 0 aliphatic heterocycles.